The van der Waals surface area contributed by atoms with E-state index in [2.05, 4.69) is 15.3 Å². The first kappa shape index (κ1) is 14.3. The topological polar surface area (TPSA) is 120 Å². The second-order valence-electron chi connectivity index (χ2n) is 5.14. The third-order valence-electron chi connectivity index (χ3n) is 3.78. The van der Waals surface area contributed by atoms with Crippen molar-refractivity contribution in [2.75, 3.05) is 5.73 Å². The number of pyridine rings is 1. The molecule has 3 heterocycles. The third-order valence-corrected chi connectivity index (χ3v) is 4.08. The SMILES string of the molecule is Nc1c2c(cc(=O)n1-c1ccc3ncnc(Cl)c3c1)C(=O)NC2=O. The summed E-state index contributed by atoms with van der Waals surface area (Å²) < 4.78 is 1.14. The Balaban J connectivity index is 2.03. The fourth-order valence-corrected chi connectivity index (χ4v) is 2.89. The number of carbonyl (C=O) groups is 2. The Morgan fingerprint density at radius 2 is 1.88 bits per heavy atom. The van der Waals surface area contributed by atoms with Gasteiger partial charge in [-0.2, -0.15) is 0 Å². The second kappa shape index (κ2) is 4.87. The molecule has 9 heteroatoms. The van der Waals surface area contributed by atoms with Gasteiger partial charge in [0.05, 0.1) is 22.3 Å². The molecule has 2 amide bonds. The van der Waals surface area contributed by atoms with Gasteiger partial charge in [0.2, 0.25) is 0 Å². The van der Waals surface area contributed by atoms with Gasteiger partial charge in [-0.05, 0) is 18.2 Å². The fourth-order valence-electron chi connectivity index (χ4n) is 2.70. The van der Waals surface area contributed by atoms with Gasteiger partial charge in [0.1, 0.15) is 17.3 Å². The largest absolute Gasteiger partial charge is 0.384 e. The molecule has 8 nitrogen and oxygen atoms in total. The van der Waals surface area contributed by atoms with Crippen LogP contribution in [0, 0.1) is 0 Å². The number of amides is 2. The van der Waals surface area contributed by atoms with Crippen molar-refractivity contribution in [2.45, 2.75) is 0 Å². The molecular formula is C15H8ClN5O3. The van der Waals surface area contributed by atoms with Crippen LogP contribution < -0.4 is 16.6 Å². The summed E-state index contributed by atoms with van der Waals surface area (Å²) in [6.45, 7) is 0. The van der Waals surface area contributed by atoms with E-state index in [-0.39, 0.29) is 22.1 Å². The summed E-state index contributed by atoms with van der Waals surface area (Å²) in [6, 6.07) is 5.95. The molecule has 2 aromatic heterocycles. The number of halogens is 1. The molecule has 3 aromatic rings. The molecule has 0 unspecified atom stereocenters. The average Bonchev–Trinajstić information content (AvgIpc) is 2.82. The number of aromatic nitrogens is 3. The Labute approximate surface area is 138 Å². The number of anilines is 1. The molecule has 3 N–H and O–H groups in total. The van der Waals surface area contributed by atoms with Gasteiger partial charge in [-0.25, -0.2) is 9.97 Å². The number of fused-ring (bicyclic) bond motifs is 2. The standard InChI is InChI=1S/C15H8ClN5O3/c16-12-7-3-6(1-2-9(7)18-5-19-12)21-10(22)4-8-11(13(21)17)15(24)20-14(8)23/h1-5H,17H2,(H,20,23,24). The lowest BCUT2D eigenvalue weighted by molar-refractivity contribution is 0.0880. The van der Waals surface area contributed by atoms with Gasteiger partial charge in [0.15, 0.2) is 0 Å². The highest BCUT2D eigenvalue weighted by Crippen LogP contribution is 2.26. The molecule has 4 rings (SSSR count). The lowest BCUT2D eigenvalue weighted by atomic mass is 10.1. The van der Waals surface area contributed by atoms with Crippen LogP contribution in [0.5, 0.6) is 0 Å². The number of benzene rings is 1. The van der Waals surface area contributed by atoms with Crippen LogP contribution in [-0.2, 0) is 0 Å². The normalized spacial score (nSPS) is 13.2. The van der Waals surface area contributed by atoms with E-state index in [1.54, 1.807) is 18.2 Å². The van der Waals surface area contributed by atoms with Gasteiger partial charge in [-0.1, -0.05) is 11.6 Å². The summed E-state index contributed by atoms with van der Waals surface area (Å²) in [7, 11) is 0. The molecule has 0 aliphatic carbocycles. The summed E-state index contributed by atoms with van der Waals surface area (Å²) in [5, 5.41) is 2.87. The summed E-state index contributed by atoms with van der Waals surface area (Å²) in [5.41, 5.74) is 6.39. The molecule has 1 aromatic carbocycles. The van der Waals surface area contributed by atoms with Gasteiger partial charge in [0, 0.05) is 11.5 Å². The van der Waals surface area contributed by atoms with Crippen LogP contribution in [0.15, 0.2) is 35.4 Å². The average molecular weight is 342 g/mol. The highest BCUT2D eigenvalue weighted by atomic mass is 35.5. The number of nitrogens with zero attached hydrogens (tertiary/aromatic N) is 3. The Bertz CT molecular complexity index is 1120. The Hall–Kier alpha value is -3.26. The highest BCUT2D eigenvalue weighted by Gasteiger charge is 2.31. The minimum Gasteiger partial charge on any atom is -0.384 e. The third kappa shape index (κ3) is 1.90. The number of rotatable bonds is 1. The second-order valence-corrected chi connectivity index (χ2v) is 5.50. The molecule has 0 atom stereocenters. The molecule has 1 aliphatic rings. The summed E-state index contributed by atoms with van der Waals surface area (Å²) in [4.78, 5) is 43.9. The van der Waals surface area contributed by atoms with Crippen molar-refractivity contribution in [2.24, 2.45) is 0 Å². The molecular weight excluding hydrogens is 334 g/mol. The first-order valence-corrected chi connectivity index (χ1v) is 7.17. The number of nitrogens with one attached hydrogen (secondary N) is 1. The number of nitrogens with two attached hydrogens (primary N) is 1. The molecule has 118 valence electrons. The number of hydrogen-bond acceptors (Lipinski definition) is 6. The van der Waals surface area contributed by atoms with Crippen molar-refractivity contribution < 1.29 is 9.59 Å². The van der Waals surface area contributed by atoms with Crippen LogP contribution in [0.1, 0.15) is 20.7 Å². The predicted molar refractivity (Wildman–Crippen MR) is 86.4 cm³/mol. The molecule has 1 aliphatic heterocycles. The first-order chi connectivity index (χ1) is 11.5. The van der Waals surface area contributed by atoms with Crippen LogP contribution in [0.2, 0.25) is 5.15 Å². The molecule has 0 spiro atoms. The summed E-state index contributed by atoms with van der Waals surface area (Å²) in [6.07, 6.45) is 1.33. The predicted octanol–water partition coefficient (Wildman–Crippen LogP) is 0.900. The van der Waals surface area contributed by atoms with E-state index in [1.807, 2.05) is 0 Å². The zero-order valence-corrected chi connectivity index (χ0v) is 12.7. The number of imide groups is 1. The molecule has 0 bridgehead atoms. The zero-order chi connectivity index (χ0) is 17.0. The van der Waals surface area contributed by atoms with E-state index in [1.165, 1.54) is 6.33 Å². The molecule has 24 heavy (non-hydrogen) atoms. The smallest absolute Gasteiger partial charge is 0.262 e. The maximum absolute atomic E-state index is 12.4. The highest BCUT2D eigenvalue weighted by molar-refractivity contribution is 6.34. The Kier molecular flexibility index (Phi) is 2.91. The van der Waals surface area contributed by atoms with Gasteiger partial charge in [0.25, 0.3) is 17.4 Å². The Morgan fingerprint density at radius 3 is 2.67 bits per heavy atom. The lowest BCUT2D eigenvalue weighted by Crippen LogP contribution is -2.24. The van der Waals surface area contributed by atoms with Crippen LogP contribution in [0.3, 0.4) is 0 Å². The summed E-state index contributed by atoms with van der Waals surface area (Å²) in [5.74, 6) is -1.39. The van der Waals surface area contributed by atoms with E-state index in [0.717, 1.165) is 10.6 Å². The van der Waals surface area contributed by atoms with Crippen molar-refractivity contribution in [1.29, 1.82) is 0 Å². The maximum atomic E-state index is 12.4. The molecule has 0 saturated heterocycles. The minimum absolute atomic E-state index is 0.0184. The van der Waals surface area contributed by atoms with E-state index in [4.69, 9.17) is 17.3 Å². The maximum Gasteiger partial charge on any atom is 0.262 e. The van der Waals surface area contributed by atoms with Crippen LogP contribution >= 0.6 is 11.6 Å². The van der Waals surface area contributed by atoms with Crippen LogP contribution in [-0.4, -0.2) is 26.3 Å². The first-order valence-electron chi connectivity index (χ1n) is 6.79. The number of nitrogen functional groups attached to an aromatic ring is 1. The molecule has 0 radical (unpaired) electrons. The zero-order valence-electron chi connectivity index (χ0n) is 11.9. The number of hydrogen-bond donors (Lipinski definition) is 2. The molecule has 0 saturated carbocycles. The van der Waals surface area contributed by atoms with Crippen molar-refractivity contribution in [3.63, 3.8) is 0 Å². The number of carbonyl (C=O) groups excluding carboxylic acids is 2. The van der Waals surface area contributed by atoms with Crippen LogP contribution in [0.4, 0.5) is 5.82 Å². The van der Waals surface area contributed by atoms with Gasteiger partial charge in [-0.15, -0.1) is 0 Å². The Morgan fingerprint density at radius 1 is 1.08 bits per heavy atom. The molecule has 0 fully saturated rings. The van der Waals surface area contributed by atoms with E-state index in [9.17, 15) is 14.4 Å². The van der Waals surface area contributed by atoms with Gasteiger partial charge < -0.3 is 5.73 Å². The summed E-state index contributed by atoms with van der Waals surface area (Å²) >= 11 is 6.05. The van der Waals surface area contributed by atoms with E-state index in [0.29, 0.717) is 16.6 Å². The monoisotopic (exact) mass is 341 g/mol. The van der Waals surface area contributed by atoms with Gasteiger partial charge >= 0.3 is 0 Å². The van der Waals surface area contributed by atoms with Crippen molar-refractivity contribution in [3.8, 4) is 5.69 Å². The fraction of sp³-hybridized carbons (Fsp3) is 0. The van der Waals surface area contributed by atoms with Crippen LogP contribution in [0.25, 0.3) is 16.6 Å². The van der Waals surface area contributed by atoms with Crippen molar-refractivity contribution >= 4 is 40.1 Å². The minimum atomic E-state index is -0.638. The lowest BCUT2D eigenvalue weighted by Gasteiger charge is -2.12. The van der Waals surface area contributed by atoms with E-state index < -0.39 is 17.4 Å². The van der Waals surface area contributed by atoms with Gasteiger partial charge in [-0.3, -0.25) is 24.3 Å². The van der Waals surface area contributed by atoms with Crippen molar-refractivity contribution in [3.05, 3.63) is 57.2 Å². The quantitative estimate of drug-likeness (QED) is 0.501. The van der Waals surface area contributed by atoms with E-state index >= 15 is 0 Å². The van der Waals surface area contributed by atoms with Crippen molar-refractivity contribution in [1.82, 2.24) is 19.9 Å².